The highest BCUT2D eigenvalue weighted by atomic mass is 35.5. The van der Waals surface area contributed by atoms with Crippen molar-refractivity contribution in [2.45, 2.75) is 33.1 Å². The van der Waals surface area contributed by atoms with E-state index >= 15 is 0 Å². The van der Waals surface area contributed by atoms with Crippen LogP contribution in [0.2, 0.25) is 5.02 Å². The number of quaternary nitrogens is 1. The van der Waals surface area contributed by atoms with Gasteiger partial charge in [0, 0.05) is 28.9 Å². The molecular weight excluding hydrogens is 388 g/mol. The largest absolute Gasteiger partial charge is 0.342 e. The Morgan fingerprint density at radius 2 is 1.43 bits per heavy atom. The molecule has 1 atom stereocenters. The Kier molecular flexibility index (Phi) is 6.68. The van der Waals surface area contributed by atoms with E-state index in [0.717, 1.165) is 31.2 Å². The second-order valence-electron chi connectivity index (χ2n) is 8.01. The molecule has 0 saturated heterocycles. The van der Waals surface area contributed by atoms with Gasteiger partial charge in [-0.15, -0.1) is 0 Å². The lowest BCUT2D eigenvalue weighted by atomic mass is 10.1. The number of nitrogens with zero attached hydrogens (tertiary/aromatic N) is 1. The van der Waals surface area contributed by atoms with Gasteiger partial charge in [-0.1, -0.05) is 83.9 Å². The van der Waals surface area contributed by atoms with Crippen LogP contribution in [0.1, 0.15) is 27.9 Å². The Hall–Kier alpha value is -2.81. The highest BCUT2D eigenvalue weighted by Gasteiger charge is 2.15. The predicted octanol–water partition coefficient (Wildman–Crippen LogP) is 5.28. The Morgan fingerprint density at radius 1 is 0.700 bits per heavy atom. The molecule has 0 saturated carbocycles. The summed E-state index contributed by atoms with van der Waals surface area (Å²) in [5.74, 6) is 0. The maximum Gasteiger partial charge on any atom is 0.119 e. The molecule has 4 aromatic rings. The van der Waals surface area contributed by atoms with E-state index in [4.69, 9.17) is 11.6 Å². The summed E-state index contributed by atoms with van der Waals surface area (Å²) in [6.07, 6.45) is 2.19. The number of benzene rings is 3. The van der Waals surface area contributed by atoms with Crippen molar-refractivity contribution in [1.29, 1.82) is 0 Å². The van der Waals surface area contributed by atoms with E-state index < -0.39 is 0 Å². The van der Waals surface area contributed by atoms with Gasteiger partial charge in [0.05, 0.1) is 5.69 Å². The minimum atomic E-state index is 0.800. The molecule has 30 heavy (non-hydrogen) atoms. The fraction of sp³-hybridized carbons (Fsp3) is 0.185. The van der Waals surface area contributed by atoms with Crippen LogP contribution in [0, 0.1) is 6.92 Å². The molecule has 1 unspecified atom stereocenters. The fourth-order valence-electron chi connectivity index (χ4n) is 4.04. The molecule has 152 valence electrons. The molecule has 2 nitrogen and oxygen atoms in total. The monoisotopic (exact) mass is 415 g/mol. The third-order valence-corrected chi connectivity index (χ3v) is 5.67. The van der Waals surface area contributed by atoms with Gasteiger partial charge in [-0.2, -0.15) is 0 Å². The number of aryl methyl sites for hydroxylation is 1. The predicted molar refractivity (Wildman–Crippen MR) is 125 cm³/mol. The topological polar surface area (TPSA) is 9.37 Å². The van der Waals surface area contributed by atoms with Crippen LogP contribution >= 0.6 is 11.6 Å². The van der Waals surface area contributed by atoms with E-state index in [0.29, 0.717) is 0 Å². The quantitative estimate of drug-likeness (QED) is 0.401. The van der Waals surface area contributed by atoms with Gasteiger partial charge < -0.3 is 9.47 Å². The van der Waals surface area contributed by atoms with Crippen LogP contribution in [0.15, 0.2) is 97.2 Å². The number of rotatable bonds is 8. The highest BCUT2D eigenvalue weighted by molar-refractivity contribution is 6.30. The lowest BCUT2D eigenvalue weighted by Crippen LogP contribution is -3.08. The van der Waals surface area contributed by atoms with E-state index in [1.807, 2.05) is 12.1 Å². The SMILES string of the molecule is Cc1cccc(Cn2cccc2C[NH+](Cc2ccccc2)Cc2cccc(Cl)c2)c1. The summed E-state index contributed by atoms with van der Waals surface area (Å²) in [6.45, 7) is 5.92. The van der Waals surface area contributed by atoms with Crippen molar-refractivity contribution in [3.05, 3.63) is 130 Å². The molecular formula is C27H28ClN2+. The first-order valence-electron chi connectivity index (χ1n) is 10.5. The third-order valence-electron chi connectivity index (χ3n) is 5.43. The lowest BCUT2D eigenvalue weighted by Gasteiger charge is -2.21. The first kappa shape index (κ1) is 20.5. The summed E-state index contributed by atoms with van der Waals surface area (Å²) in [4.78, 5) is 1.49. The standard InChI is InChI=1S/C27H27ClN2/c1-22-8-5-11-24(16-22)20-30-15-7-14-27(30)21-29(18-23-9-3-2-4-10-23)19-25-12-6-13-26(28)17-25/h2-17H,18-21H2,1H3/p+1. The van der Waals surface area contributed by atoms with Gasteiger partial charge in [0.15, 0.2) is 0 Å². The maximum absolute atomic E-state index is 6.25. The van der Waals surface area contributed by atoms with Gasteiger partial charge in [0.2, 0.25) is 0 Å². The first-order valence-corrected chi connectivity index (χ1v) is 10.8. The molecule has 1 aromatic heterocycles. The second-order valence-corrected chi connectivity index (χ2v) is 8.45. The van der Waals surface area contributed by atoms with Crippen molar-refractivity contribution in [3.63, 3.8) is 0 Å². The van der Waals surface area contributed by atoms with Gasteiger partial charge in [0.1, 0.15) is 19.6 Å². The van der Waals surface area contributed by atoms with Gasteiger partial charge in [-0.3, -0.25) is 0 Å². The van der Waals surface area contributed by atoms with E-state index in [-0.39, 0.29) is 0 Å². The molecule has 1 N–H and O–H groups in total. The van der Waals surface area contributed by atoms with Crippen LogP contribution < -0.4 is 4.90 Å². The normalized spacial score (nSPS) is 12.1. The first-order chi connectivity index (χ1) is 14.7. The molecule has 0 radical (unpaired) electrons. The molecule has 3 aromatic carbocycles. The van der Waals surface area contributed by atoms with Crippen molar-refractivity contribution in [3.8, 4) is 0 Å². The van der Waals surface area contributed by atoms with Crippen molar-refractivity contribution in [2.75, 3.05) is 0 Å². The van der Waals surface area contributed by atoms with Crippen LogP contribution in [-0.4, -0.2) is 4.57 Å². The van der Waals surface area contributed by atoms with Gasteiger partial charge in [0.25, 0.3) is 0 Å². The molecule has 0 bridgehead atoms. The number of aromatic nitrogens is 1. The van der Waals surface area contributed by atoms with Crippen LogP contribution in [0.4, 0.5) is 0 Å². The number of hydrogen-bond acceptors (Lipinski definition) is 0. The van der Waals surface area contributed by atoms with E-state index in [1.54, 1.807) is 0 Å². The van der Waals surface area contributed by atoms with Crippen molar-refractivity contribution < 1.29 is 4.90 Å². The Labute approximate surface area is 184 Å². The molecule has 4 rings (SSSR count). The molecule has 0 amide bonds. The molecule has 0 aliphatic carbocycles. The highest BCUT2D eigenvalue weighted by Crippen LogP contribution is 2.12. The van der Waals surface area contributed by atoms with Gasteiger partial charge >= 0.3 is 0 Å². The zero-order valence-corrected chi connectivity index (χ0v) is 18.1. The Bertz CT molecular complexity index is 1080. The fourth-order valence-corrected chi connectivity index (χ4v) is 4.25. The third kappa shape index (κ3) is 5.63. The minimum Gasteiger partial charge on any atom is -0.342 e. The summed E-state index contributed by atoms with van der Waals surface area (Å²) >= 11 is 6.25. The molecule has 0 aliphatic heterocycles. The zero-order valence-electron chi connectivity index (χ0n) is 17.4. The second kappa shape index (κ2) is 9.80. The van der Waals surface area contributed by atoms with Gasteiger partial charge in [-0.05, 0) is 36.8 Å². The molecule has 0 aliphatic rings. The van der Waals surface area contributed by atoms with Crippen LogP contribution in [0.25, 0.3) is 0 Å². The lowest BCUT2D eigenvalue weighted by molar-refractivity contribution is -0.941. The summed E-state index contributed by atoms with van der Waals surface area (Å²) in [5.41, 5.74) is 6.62. The van der Waals surface area contributed by atoms with Crippen molar-refractivity contribution in [1.82, 2.24) is 4.57 Å². The summed E-state index contributed by atoms with van der Waals surface area (Å²) < 4.78 is 2.37. The number of hydrogen-bond donors (Lipinski definition) is 1. The molecule has 3 heteroatoms. The minimum absolute atomic E-state index is 0.800. The van der Waals surface area contributed by atoms with Crippen molar-refractivity contribution in [2.24, 2.45) is 0 Å². The van der Waals surface area contributed by atoms with Crippen LogP contribution in [0.5, 0.6) is 0 Å². The van der Waals surface area contributed by atoms with Crippen LogP contribution in [-0.2, 0) is 26.2 Å². The van der Waals surface area contributed by atoms with Crippen LogP contribution in [0.3, 0.4) is 0 Å². The Morgan fingerprint density at radius 3 is 2.23 bits per heavy atom. The number of nitrogens with one attached hydrogen (secondary N) is 1. The molecule has 0 spiro atoms. The van der Waals surface area contributed by atoms with E-state index in [2.05, 4.69) is 96.6 Å². The zero-order chi connectivity index (χ0) is 20.8. The smallest absolute Gasteiger partial charge is 0.119 e. The average Bonchev–Trinajstić information content (AvgIpc) is 3.15. The summed E-state index contributed by atoms with van der Waals surface area (Å²) in [7, 11) is 0. The Balaban J connectivity index is 1.55. The molecule has 1 heterocycles. The maximum atomic E-state index is 6.25. The van der Waals surface area contributed by atoms with Crippen molar-refractivity contribution >= 4 is 11.6 Å². The van der Waals surface area contributed by atoms with E-state index in [9.17, 15) is 0 Å². The summed E-state index contributed by atoms with van der Waals surface area (Å²) in [5, 5.41) is 0.800. The summed E-state index contributed by atoms with van der Waals surface area (Å²) in [6, 6.07) is 32.1. The van der Waals surface area contributed by atoms with Gasteiger partial charge in [-0.25, -0.2) is 0 Å². The van der Waals surface area contributed by atoms with E-state index in [1.165, 1.54) is 32.8 Å². The molecule has 0 fully saturated rings. The average molecular weight is 416 g/mol. The number of halogens is 1.